The van der Waals surface area contributed by atoms with Gasteiger partial charge in [0.05, 0.1) is 25.0 Å². The van der Waals surface area contributed by atoms with Crippen molar-refractivity contribution in [2.45, 2.75) is 44.5 Å². The Labute approximate surface area is 129 Å². The number of carboxylic acids is 1. The van der Waals surface area contributed by atoms with Crippen LogP contribution in [-0.2, 0) is 23.8 Å². The summed E-state index contributed by atoms with van der Waals surface area (Å²) in [7, 11) is 0. The van der Waals surface area contributed by atoms with Gasteiger partial charge >= 0.3 is 11.9 Å². The molecule has 6 heteroatoms. The van der Waals surface area contributed by atoms with Crippen LogP contribution in [0, 0.1) is 29.6 Å². The first kappa shape index (κ1) is 14.5. The molecule has 0 bridgehead atoms. The number of hydrogen-bond donors (Lipinski definition) is 1. The van der Waals surface area contributed by atoms with Gasteiger partial charge < -0.3 is 19.3 Å². The van der Waals surface area contributed by atoms with Crippen LogP contribution in [0.2, 0.25) is 0 Å². The summed E-state index contributed by atoms with van der Waals surface area (Å²) in [6, 6.07) is 0. The minimum atomic E-state index is -0.793. The Hall–Kier alpha value is -1.14. The molecule has 0 radical (unpaired) electrons. The molecular formula is C16H22O6. The summed E-state index contributed by atoms with van der Waals surface area (Å²) < 4.78 is 16.9. The highest BCUT2D eigenvalue weighted by molar-refractivity contribution is 5.79. The molecule has 1 spiro atoms. The fraction of sp³-hybridized carbons (Fsp3) is 0.875. The van der Waals surface area contributed by atoms with E-state index in [1.54, 1.807) is 0 Å². The summed E-state index contributed by atoms with van der Waals surface area (Å²) in [6.45, 7) is 3.03. The van der Waals surface area contributed by atoms with Gasteiger partial charge in [-0.15, -0.1) is 0 Å². The zero-order valence-corrected chi connectivity index (χ0v) is 12.7. The van der Waals surface area contributed by atoms with E-state index in [9.17, 15) is 14.7 Å². The third-order valence-corrected chi connectivity index (χ3v) is 6.18. The Morgan fingerprint density at radius 2 is 2.05 bits per heavy atom. The van der Waals surface area contributed by atoms with Crippen LogP contribution in [-0.4, -0.2) is 42.1 Å². The Balaban J connectivity index is 1.63. The Kier molecular flexibility index (Phi) is 3.24. The third-order valence-electron chi connectivity index (χ3n) is 6.18. The second kappa shape index (κ2) is 4.93. The molecule has 2 aliphatic carbocycles. The highest BCUT2D eigenvalue weighted by Crippen LogP contribution is 2.55. The van der Waals surface area contributed by atoms with Crippen LogP contribution in [0.3, 0.4) is 0 Å². The molecule has 4 rings (SSSR count). The van der Waals surface area contributed by atoms with Crippen LogP contribution in [0.25, 0.3) is 0 Å². The minimum absolute atomic E-state index is 0.0918. The topological polar surface area (TPSA) is 82.1 Å². The van der Waals surface area contributed by atoms with E-state index >= 15 is 0 Å². The van der Waals surface area contributed by atoms with E-state index in [0.29, 0.717) is 26.1 Å². The normalized spacial score (nSPS) is 46.1. The number of esters is 1. The number of hydrogen-bond acceptors (Lipinski definition) is 5. The van der Waals surface area contributed by atoms with Crippen LogP contribution in [0.5, 0.6) is 0 Å². The lowest BCUT2D eigenvalue weighted by molar-refractivity contribution is -0.209. The lowest BCUT2D eigenvalue weighted by Crippen LogP contribution is -2.51. The molecule has 0 aromatic heterocycles. The summed E-state index contributed by atoms with van der Waals surface area (Å²) in [5, 5.41) is 9.76. The van der Waals surface area contributed by atoms with Crippen LogP contribution in [0.1, 0.15) is 32.6 Å². The van der Waals surface area contributed by atoms with E-state index in [1.807, 2.05) is 6.92 Å². The second-order valence-electron chi connectivity index (χ2n) is 7.20. The van der Waals surface area contributed by atoms with Crippen molar-refractivity contribution in [3.05, 3.63) is 0 Å². The molecule has 0 aromatic rings. The van der Waals surface area contributed by atoms with Gasteiger partial charge in [0.2, 0.25) is 0 Å². The maximum absolute atomic E-state index is 12.1. The predicted octanol–water partition coefficient (Wildman–Crippen LogP) is 1.43. The van der Waals surface area contributed by atoms with Crippen LogP contribution in [0.15, 0.2) is 0 Å². The van der Waals surface area contributed by atoms with Crippen molar-refractivity contribution in [2.75, 3.05) is 13.2 Å². The molecular weight excluding hydrogens is 288 g/mol. The fourth-order valence-electron chi connectivity index (χ4n) is 5.35. The quantitative estimate of drug-likeness (QED) is 0.738. The molecule has 4 aliphatic rings. The van der Waals surface area contributed by atoms with E-state index in [2.05, 4.69) is 0 Å². The fourth-order valence-corrected chi connectivity index (χ4v) is 5.35. The largest absolute Gasteiger partial charge is 0.481 e. The molecule has 122 valence electrons. The summed E-state index contributed by atoms with van der Waals surface area (Å²) in [5.41, 5.74) is 0. The molecule has 0 amide bonds. The first-order valence-corrected chi connectivity index (χ1v) is 8.22. The van der Waals surface area contributed by atoms with Crippen LogP contribution >= 0.6 is 0 Å². The SMILES string of the molecule is C[C@H]1OC(=O)C2C[C@@H]3CC4(CCC3[C@H](C(=O)O)[C@@H]21)OCCO4. The minimum Gasteiger partial charge on any atom is -0.481 e. The maximum Gasteiger partial charge on any atom is 0.309 e. The number of ether oxygens (including phenoxy) is 3. The molecule has 4 fully saturated rings. The summed E-state index contributed by atoms with van der Waals surface area (Å²) in [4.78, 5) is 24.0. The molecule has 1 N–H and O–H groups in total. The first-order chi connectivity index (χ1) is 10.5. The van der Waals surface area contributed by atoms with E-state index in [4.69, 9.17) is 14.2 Å². The van der Waals surface area contributed by atoms with Gasteiger partial charge in [-0.25, -0.2) is 0 Å². The Morgan fingerprint density at radius 3 is 2.73 bits per heavy atom. The van der Waals surface area contributed by atoms with Gasteiger partial charge in [0.1, 0.15) is 6.10 Å². The van der Waals surface area contributed by atoms with Gasteiger partial charge in [0.25, 0.3) is 0 Å². The van der Waals surface area contributed by atoms with Gasteiger partial charge in [0, 0.05) is 18.8 Å². The molecule has 22 heavy (non-hydrogen) atoms. The van der Waals surface area contributed by atoms with Crippen molar-refractivity contribution in [1.82, 2.24) is 0 Å². The number of aliphatic carboxylic acids is 1. The molecule has 6 nitrogen and oxygen atoms in total. The number of cyclic esters (lactones) is 1. The number of fused-ring (bicyclic) bond motifs is 2. The number of carboxylic acid groups (broad SMARTS) is 1. The number of carbonyl (C=O) groups excluding carboxylic acids is 1. The summed E-state index contributed by atoms with van der Waals surface area (Å²) >= 11 is 0. The smallest absolute Gasteiger partial charge is 0.309 e. The van der Waals surface area contributed by atoms with Gasteiger partial charge in [-0.2, -0.15) is 0 Å². The first-order valence-electron chi connectivity index (χ1n) is 8.22. The van der Waals surface area contributed by atoms with Crippen molar-refractivity contribution < 1.29 is 28.9 Å². The van der Waals surface area contributed by atoms with Crippen LogP contribution in [0.4, 0.5) is 0 Å². The van der Waals surface area contributed by atoms with E-state index < -0.39 is 17.7 Å². The molecule has 0 aromatic carbocycles. The Bertz CT molecular complexity index is 497. The van der Waals surface area contributed by atoms with Gasteiger partial charge in [-0.05, 0) is 31.6 Å². The molecule has 6 atom stereocenters. The van der Waals surface area contributed by atoms with Gasteiger partial charge in [0.15, 0.2) is 5.79 Å². The molecule has 2 aliphatic heterocycles. The summed E-state index contributed by atoms with van der Waals surface area (Å²) in [6.07, 6.45) is 2.64. The Morgan fingerprint density at radius 1 is 1.32 bits per heavy atom. The molecule has 2 heterocycles. The lowest BCUT2D eigenvalue weighted by Gasteiger charge is -2.48. The van der Waals surface area contributed by atoms with Crippen LogP contribution < -0.4 is 0 Å². The molecule has 2 unspecified atom stereocenters. The van der Waals surface area contributed by atoms with Crippen molar-refractivity contribution >= 4 is 11.9 Å². The average molecular weight is 310 g/mol. The van der Waals surface area contributed by atoms with Gasteiger partial charge in [-0.3, -0.25) is 9.59 Å². The maximum atomic E-state index is 12.1. The molecule has 2 saturated carbocycles. The predicted molar refractivity (Wildman–Crippen MR) is 73.7 cm³/mol. The zero-order valence-electron chi connectivity index (χ0n) is 12.7. The average Bonchev–Trinajstić information content (AvgIpc) is 3.02. The van der Waals surface area contributed by atoms with Crippen molar-refractivity contribution in [2.24, 2.45) is 29.6 Å². The third kappa shape index (κ3) is 2.00. The lowest BCUT2D eigenvalue weighted by atomic mass is 9.56. The van der Waals surface area contributed by atoms with E-state index in [0.717, 1.165) is 12.8 Å². The zero-order chi connectivity index (χ0) is 15.5. The second-order valence-corrected chi connectivity index (χ2v) is 7.20. The molecule has 2 saturated heterocycles. The highest BCUT2D eigenvalue weighted by atomic mass is 16.7. The highest BCUT2D eigenvalue weighted by Gasteiger charge is 2.60. The number of carbonyl (C=O) groups is 2. The van der Waals surface area contributed by atoms with E-state index in [1.165, 1.54) is 0 Å². The van der Waals surface area contributed by atoms with Crippen molar-refractivity contribution in [1.29, 1.82) is 0 Å². The monoisotopic (exact) mass is 310 g/mol. The van der Waals surface area contributed by atoms with Crippen molar-refractivity contribution in [3.63, 3.8) is 0 Å². The summed E-state index contributed by atoms with van der Waals surface area (Å²) in [5.74, 6) is -2.27. The number of rotatable bonds is 1. The standard InChI is InChI=1S/C16H22O6/c1-8-12-11(15(19)22-8)6-9-7-16(20-4-5-21-16)3-2-10(9)13(12)14(17)18/h8-13H,2-7H2,1H3,(H,17,18)/t8-,9-,10?,11?,12-,13+/m1/s1. The van der Waals surface area contributed by atoms with Gasteiger partial charge in [-0.1, -0.05) is 0 Å². The van der Waals surface area contributed by atoms with E-state index in [-0.39, 0.29) is 35.7 Å². The van der Waals surface area contributed by atoms with Crippen molar-refractivity contribution in [3.8, 4) is 0 Å².